The van der Waals surface area contributed by atoms with Gasteiger partial charge in [0, 0.05) is 23.7 Å². The minimum Gasteiger partial charge on any atom is -0.360 e. The Morgan fingerprint density at radius 3 is 2.70 bits per heavy atom. The number of hydrogen-bond donors (Lipinski definition) is 2. The highest BCUT2D eigenvalue weighted by atomic mass is 32.1. The molecule has 6 nitrogen and oxygen atoms in total. The second kappa shape index (κ2) is 6.42. The van der Waals surface area contributed by atoms with Gasteiger partial charge in [0.25, 0.3) is 11.6 Å². The van der Waals surface area contributed by atoms with Crippen LogP contribution in [0.25, 0.3) is 0 Å². The molecule has 1 aromatic rings. The maximum Gasteiger partial charge on any atom is 0.270 e. The van der Waals surface area contributed by atoms with E-state index in [2.05, 4.69) is 10.6 Å². The highest BCUT2D eigenvalue weighted by molar-refractivity contribution is 7.80. The van der Waals surface area contributed by atoms with Crippen LogP contribution in [0.2, 0.25) is 0 Å². The summed E-state index contributed by atoms with van der Waals surface area (Å²) in [6, 6.07) is 5.87. The van der Waals surface area contributed by atoms with Gasteiger partial charge in [-0.1, -0.05) is 18.9 Å². The highest BCUT2D eigenvalue weighted by Gasteiger charge is 2.17. The van der Waals surface area contributed by atoms with Crippen molar-refractivity contribution in [3.05, 3.63) is 39.9 Å². The first-order valence-electron chi connectivity index (χ1n) is 6.42. The van der Waals surface area contributed by atoms with Gasteiger partial charge in [-0.05, 0) is 31.1 Å². The zero-order chi connectivity index (χ0) is 14.5. The van der Waals surface area contributed by atoms with E-state index in [-0.39, 0.29) is 16.4 Å². The third-order valence-corrected chi connectivity index (χ3v) is 3.46. The quantitative estimate of drug-likeness (QED) is 0.507. The number of carbonyl (C=O) groups excluding carboxylic acids is 1. The Morgan fingerprint density at radius 2 is 2.05 bits per heavy atom. The van der Waals surface area contributed by atoms with Crippen LogP contribution in [-0.4, -0.2) is 22.0 Å². The lowest BCUT2D eigenvalue weighted by atomic mass is 10.2. The molecule has 0 bridgehead atoms. The first-order chi connectivity index (χ1) is 9.56. The number of rotatable bonds is 3. The summed E-state index contributed by atoms with van der Waals surface area (Å²) in [4.78, 5) is 22.1. The van der Waals surface area contributed by atoms with Crippen molar-refractivity contribution in [2.24, 2.45) is 0 Å². The second-order valence-electron chi connectivity index (χ2n) is 4.72. The first-order valence-corrected chi connectivity index (χ1v) is 6.83. The molecular formula is C13H15N3O3S. The zero-order valence-corrected chi connectivity index (χ0v) is 11.6. The number of non-ortho nitro benzene ring substituents is 1. The molecule has 1 amide bonds. The number of nitrogens with zero attached hydrogens (tertiary/aromatic N) is 1. The molecule has 2 N–H and O–H groups in total. The largest absolute Gasteiger partial charge is 0.360 e. The summed E-state index contributed by atoms with van der Waals surface area (Å²) in [7, 11) is 0. The van der Waals surface area contributed by atoms with Crippen molar-refractivity contribution < 1.29 is 9.72 Å². The van der Waals surface area contributed by atoms with Gasteiger partial charge < -0.3 is 5.32 Å². The predicted molar refractivity (Wildman–Crippen MR) is 78.6 cm³/mol. The van der Waals surface area contributed by atoms with Crippen LogP contribution in [0.3, 0.4) is 0 Å². The molecule has 2 rings (SSSR count). The monoisotopic (exact) mass is 293 g/mol. The van der Waals surface area contributed by atoms with Gasteiger partial charge in [-0.3, -0.25) is 20.2 Å². The fourth-order valence-electron chi connectivity index (χ4n) is 2.23. The Bertz CT molecular complexity index is 541. The van der Waals surface area contributed by atoms with Crippen molar-refractivity contribution in [1.82, 2.24) is 10.6 Å². The predicted octanol–water partition coefficient (Wildman–Crippen LogP) is 2.14. The maximum absolute atomic E-state index is 11.9. The van der Waals surface area contributed by atoms with Crippen molar-refractivity contribution in [2.45, 2.75) is 31.7 Å². The number of nitro benzene ring substituents is 1. The standard InChI is InChI=1S/C13H15N3O3S/c17-12(9-4-3-7-11(8-9)16(18)19)15-13(20)14-10-5-1-2-6-10/h3-4,7-8,10H,1-2,5-6H2,(H2,14,15,17,20). The van der Waals surface area contributed by atoms with Gasteiger partial charge in [-0.25, -0.2) is 0 Å². The Kier molecular flexibility index (Phi) is 4.62. The first kappa shape index (κ1) is 14.4. The number of nitro groups is 1. The number of carbonyl (C=O) groups is 1. The summed E-state index contributed by atoms with van der Waals surface area (Å²) in [6.45, 7) is 0. The molecule has 106 valence electrons. The molecule has 1 aliphatic rings. The molecule has 1 aliphatic carbocycles. The molecule has 1 aromatic carbocycles. The van der Waals surface area contributed by atoms with E-state index in [1.54, 1.807) is 0 Å². The van der Waals surface area contributed by atoms with Gasteiger partial charge in [0.2, 0.25) is 0 Å². The lowest BCUT2D eigenvalue weighted by molar-refractivity contribution is -0.384. The van der Waals surface area contributed by atoms with E-state index in [0.29, 0.717) is 6.04 Å². The van der Waals surface area contributed by atoms with Crippen LogP contribution in [-0.2, 0) is 0 Å². The lowest BCUT2D eigenvalue weighted by Gasteiger charge is -2.14. The van der Waals surface area contributed by atoms with E-state index in [1.165, 1.54) is 37.1 Å². The average Bonchev–Trinajstić information content (AvgIpc) is 2.91. The lowest BCUT2D eigenvalue weighted by Crippen LogP contribution is -2.43. The third kappa shape index (κ3) is 3.74. The van der Waals surface area contributed by atoms with Crippen LogP contribution in [0, 0.1) is 10.1 Å². The van der Waals surface area contributed by atoms with Crippen LogP contribution in [0.15, 0.2) is 24.3 Å². The molecule has 0 spiro atoms. The van der Waals surface area contributed by atoms with Crippen molar-refractivity contribution in [3.8, 4) is 0 Å². The highest BCUT2D eigenvalue weighted by Crippen LogP contribution is 2.17. The summed E-state index contributed by atoms with van der Waals surface area (Å²) in [5.74, 6) is -0.441. The van der Waals surface area contributed by atoms with E-state index >= 15 is 0 Å². The molecule has 0 heterocycles. The van der Waals surface area contributed by atoms with Gasteiger partial charge in [-0.15, -0.1) is 0 Å². The van der Waals surface area contributed by atoms with Gasteiger partial charge >= 0.3 is 0 Å². The van der Waals surface area contributed by atoms with Crippen molar-refractivity contribution in [2.75, 3.05) is 0 Å². The summed E-state index contributed by atoms with van der Waals surface area (Å²) in [6.07, 6.45) is 4.43. The molecule has 0 unspecified atom stereocenters. The fraction of sp³-hybridized carbons (Fsp3) is 0.385. The summed E-state index contributed by atoms with van der Waals surface area (Å²) < 4.78 is 0. The number of thiocarbonyl (C=S) groups is 1. The normalized spacial score (nSPS) is 14.8. The van der Waals surface area contributed by atoms with Crippen LogP contribution in [0.5, 0.6) is 0 Å². The number of hydrogen-bond acceptors (Lipinski definition) is 4. The number of nitrogens with one attached hydrogen (secondary N) is 2. The topological polar surface area (TPSA) is 84.3 Å². The van der Waals surface area contributed by atoms with Crippen LogP contribution < -0.4 is 10.6 Å². The fourth-order valence-corrected chi connectivity index (χ4v) is 2.49. The zero-order valence-electron chi connectivity index (χ0n) is 10.8. The van der Waals surface area contributed by atoms with Gasteiger partial charge in [0.15, 0.2) is 5.11 Å². The van der Waals surface area contributed by atoms with Crippen molar-refractivity contribution in [1.29, 1.82) is 0 Å². The smallest absolute Gasteiger partial charge is 0.270 e. The average molecular weight is 293 g/mol. The van der Waals surface area contributed by atoms with Crippen LogP contribution in [0.4, 0.5) is 5.69 Å². The Hall–Kier alpha value is -2.02. The molecule has 1 saturated carbocycles. The molecule has 20 heavy (non-hydrogen) atoms. The van der Waals surface area contributed by atoms with Crippen molar-refractivity contribution >= 4 is 28.9 Å². The molecule has 0 aliphatic heterocycles. The Balaban J connectivity index is 1.95. The summed E-state index contributed by atoms with van der Waals surface area (Å²) >= 11 is 5.07. The SMILES string of the molecule is O=C(NC(=S)NC1CCCC1)c1cccc([N+](=O)[O-])c1. The third-order valence-electron chi connectivity index (χ3n) is 3.24. The maximum atomic E-state index is 11.9. The van der Waals surface area contributed by atoms with Gasteiger partial charge in [0.1, 0.15) is 0 Å². The van der Waals surface area contributed by atoms with Crippen molar-refractivity contribution in [3.63, 3.8) is 0 Å². The molecule has 0 aromatic heterocycles. The summed E-state index contributed by atoms with van der Waals surface area (Å²) in [5, 5.41) is 16.6. The number of amides is 1. The molecule has 0 atom stereocenters. The molecular weight excluding hydrogens is 278 g/mol. The van der Waals surface area contributed by atoms with E-state index in [1.807, 2.05) is 0 Å². The minimum absolute atomic E-state index is 0.118. The molecule has 0 radical (unpaired) electrons. The van der Waals surface area contributed by atoms with Gasteiger partial charge in [0.05, 0.1) is 4.92 Å². The summed E-state index contributed by atoms with van der Waals surface area (Å²) in [5.41, 5.74) is 0.0992. The van der Waals surface area contributed by atoms with Crippen LogP contribution in [0.1, 0.15) is 36.0 Å². The number of benzene rings is 1. The second-order valence-corrected chi connectivity index (χ2v) is 5.12. The van der Waals surface area contributed by atoms with E-state index < -0.39 is 10.8 Å². The Morgan fingerprint density at radius 1 is 1.35 bits per heavy atom. The Labute approximate surface area is 121 Å². The van der Waals surface area contributed by atoms with E-state index in [4.69, 9.17) is 12.2 Å². The molecule has 7 heteroatoms. The van der Waals surface area contributed by atoms with Crippen LogP contribution >= 0.6 is 12.2 Å². The van der Waals surface area contributed by atoms with E-state index in [0.717, 1.165) is 12.8 Å². The molecule has 0 saturated heterocycles. The van der Waals surface area contributed by atoms with Gasteiger partial charge in [-0.2, -0.15) is 0 Å². The van der Waals surface area contributed by atoms with E-state index in [9.17, 15) is 14.9 Å². The molecule has 1 fully saturated rings. The minimum atomic E-state index is -0.536.